The van der Waals surface area contributed by atoms with Gasteiger partial charge >= 0.3 is 0 Å². The first-order valence-corrected chi connectivity index (χ1v) is 8.10. The molecule has 4 heteroatoms. The van der Waals surface area contributed by atoms with Gasteiger partial charge in [-0.2, -0.15) is 0 Å². The third-order valence-corrected chi connectivity index (χ3v) is 4.29. The third-order valence-electron chi connectivity index (χ3n) is 4.29. The Labute approximate surface area is 143 Å². The first-order valence-electron chi connectivity index (χ1n) is 8.10. The maximum Gasteiger partial charge on any atom is 0.251 e. The Kier molecular flexibility index (Phi) is 5.85. The summed E-state index contributed by atoms with van der Waals surface area (Å²) < 4.78 is 10.5. The van der Waals surface area contributed by atoms with E-state index < -0.39 is 0 Å². The maximum absolute atomic E-state index is 12.6. The van der Waals surface area contributed by atoms with Crippen molar-refractivity contribution < 1.29 is 14.3 Å². The molecule has 0 aliphatic carbocycles. The largest absolute Gasteiger partial charge is 0.493 e. The van der Waals surface area contributed by atoms with Crippen LogP contribution < -0.4 is 14.8 Å². The highest BCUT2D eigenvalue weighted by atomic mass is 16.5. The Bertz CT molecular complexity index is 725. The number of carbonyl (C=O) groups excluding carboxylic acids is 1. The van der Waals surface area contributed by atoms with E-state index in [4.69, 9.17) is 9.47 Å². The fourth-order valence-corrected chi connectivity index (χ4v) is 2.62. The number of rotatable bonds is 6. The van der Waals surface area contributed by atoms with Crippen LogP contribution in [-0.2, 0) is 0 Å². The molecule has 0 saturated heterocycles. The summed E-state index contributed by atoms with van der Waals surface area (Å²) in [6, 6.07) is 11.5. The lowest BCUT2D eigenvalue weighted by Gasteiger charge is -2.19. The Hall–Kier alpha value is -2.49. The topological polar surface area (TPSA) is 47.6 Å². The van der Waals surface area contributed by atoms with Crippen LogP contribution in [0, 0.1) is 13.8 Å². The SMILES string of the molecule is CC[C@@H](NC(=O)c1ccc(OC)c(OC)c1)c1ccc(C)c(C)c1. The van der Waals surface area contributed by atoms with E-state index in [9.17, 15) is 4.79 Å². The van der Waals surface area contributed by atoms with Gasteiger partial charge in [-0.15, -0.1) is 0 Å². The normalized spacial score (nSPS) is 11.7. The summed E-state index contributed by atoms with van der Waals surface area (Å²) in [5.41, 5.74) is 4.15. The number of carbonyl (C=O) groups is 1. The van der Waals surface area contributed by atoms with Crippen molar-refractivity contribution in [2.24, 2.45) is 0 Å². The van der Waals surface area contributed by atoms with Gasteiger partial charge in [0.05, 0.1) is 20.3 Å². The van der Waals surface area contributed by atoms with Crippen LogP contribution in [0.15, 0.2) is 36.4 Å². The molecule has 0 aromatic heterocycles. The zero-order valence-corrected chi connectivity index (χ0v) is 15.0. The first-order chi connectivity index (χ1) is 11.5. The average Bonchev–Trinajstić information content (AvgIpc) is 2.61. The zero-order chi connectivity index (χ0) is 17.7. The molecule has 0 aliphatic rings. The summed E-state index contributed by atoms with van der Waals surface area (Å²) in [5.74, 6) is 1.03. The van der Waals surface area contributed by atoms with Gasteiger partial charge in [0.15, 0.2) is 11.5 Å². The van der Waals surface area contributed by atoms with E-state index in [0.29, 0.717) is 17.1 Å². The molecule has 0 heterocycles. The predicted octanol–water partition coefficient (Wildman–Crippen LogP) is 4.20. The molecule has 0 radical (unpaired) electrons. The monoisotopic (exact) mass is 327 g/mol. The van der Waals surface area contributed by atoms with E-state index in [0.717, 1.165) is 12.0 Å². The van der Waals surface area contributed by atoms with Crippen molar-refractivity contribution in [1.29, 1.82) is 0 Å². The number of hydrogen-bond acceptors (Lipinski definition) is 3. The molecule has 0 saturated carbocycles. The van der Waals surface area contributed by atoms with Gasteiger partial charge in [-0.25, -0.2) is 0 Å². The van der Waals surface area contributed by atoms with Crippen molar-refractivity contribution in [3.63, 3.8) is 0 Å². The highest BCUT2D eigenvalue weighted by Crippen LogP contribution is 2.28. The predicted molar refractivity (Wildman–Crippen MR) is 96.0 cm³/mol. The summed E-state index contributed by atoms with van der Waals surface area (Å²) in [7, 11) is 3.13. The number of amides is 1. The van der Waals surface area contributed by atoms with Crippen molar-refractivity contribution >= 4 is 5.91 Å². The fourth-order valence-electron chi connectivity index (χ4n) is 2.62. The van der Waals surface area contributed by atoms with Crippen LogP contribution >= 0.6 is 0 Å². The second-order valence-electron chi connectivity index (χ2n) is 5.85. The molecule has 2 aromatic carbocycles. The van der Waals surface area contributed by atoms with Crippen LogP contribution in [0.1, 0.15) is 46.4 Å². The molecule has 2 aromatic rings. The summed E-state index contributed by atoms with van der Waals surface area (Å²) in [6.45, 7) is 6.23. The van der Waals surface area contributed by atoms with Crippen molar-refractivity contribution in [3.8, 4) is 11.5 Å². The van der Waals surface area contributed by atoms with Crippen molar-refractivity contribution in [3.05, 3.63) is 58.7 Å². The van der Waals surface area contributed by atoms with E-state index in [-0.39, 0.29) is 11.9 Å². The van der Waals surface area contributed by atoms with Gasteiger partial charge in [0.1, 0.15) is 0 Å². The minimum atomic E-state index is -0.124. The van der Waals surface area contributed by atoms with Crippen LogP contribution in [0.25, 0.3) is 0 Å². The Balaban J connectivity index is 2.21. The summed E-state index contributed by atoms with van der Waals surface area (Å²) in [5, 5.41) is 3.10. The molecular formula is C20H25NO3. The molecule has 2 rings (SSSR count). The molecule has 128 valence electrons. The molecule has 0 aliphatic heterocycles. The molecule has 0 spiro atoms. The molecule has 4 nitrogen and oxygen atoms in total. The van der Waals surface area contributed by atoms with Gasteiger partial charge < -0.3 is 14.8 Å². The number of nitrogens with one attached hydrogen (secondary N) is 1. The quantitative estimate of drug-likeness (QED) is 0.865. The highest BCUT2D eigenvalue weighted by Gasteiger charge is 2.16. The minimum absolute atomic E-state index is 0.0232. The van der Waals surface area contributed by atoms with Crippen LogP contribution in [0.3, 0.4) is 0 Å². The molecule has 1 N–H and O–H groups in total. The van der Waals surface area contributed by atoms with Crippen LogP contribution in [-0.4, -0.2) is 20.1 Å². The van der Waals surface area contributed by atoms with Gasteiger partial charge in [-0.05, 0) is 55.2 Å². The van der Waals surface area contributed by atoms with Gasteiger partial charge in [-0.1, -0.05) is 25.1 Å². The molecular weight excluding hydrogens is 302 g/mol. The Morgan fingerprint density at radius 3 is 2.29 bits per heavy atom. The van der Waals surface area contributed by atoms with Crippen molar-refractivity contribution in [2.75, 3.05) is 14.2 Å². The number of hydrogen-bond donors (Lipinski definition) is 1. The lowest BCUT2D eigenvalue weighted by atomic mass is 9.99. The average molecular weight is 327 g/mol. The molecule has 24 heavy (non-hydrogen) atoms. The lowest BCUT2D eigenvalue weighted by Crippen LogP contribution is -2.28. The van der Waals surface area contributed by atoms with E-state index in [2.05, 4.69) is 44.3 Å². The van der Waals surface area contributed by atoms with Crippen molar-refractivity contribution in [2.45, 2.75) is 33.2 Å². The summed E-state index contributed by atoms with van der Waals surface area (Å²) in [4.78, 5) is 12.6. The molecule has 1 atom stereocenters. The molecule has 0 fully saturated rings. The van der Waals surface area contributed by atoms with Crippen LogP contribution in [0.5, 0.6) is 11.5 Å². The van der Waals surface area contributed by atoms with Gasteiger partial charge in [0.2, 0.25) is 0 Å². The third kappa shape index (κ3) is 3.88. The van der Waals surface area contributed by atoms with Gasteiger partial charge in [0, 0.05) is 5.56 Å². The lowest BCUT2D eigenvalue weighted by molar-refractivity contribution is 0.0935. The van der Waals surface area contributed by atoms with Gasteiger partial charge in [0.25, 0.3) is 5.91 Å². The van der Waals surface area contributed by atoms with E-state index in [1.807, 2.05) is 0 Å². The van der Waals surface area contributed by atoms with Gasteiger partial charge in [-0.3, -0.25) is 4.79 Å². The van der Waals surface area contributed by atoms with Crippen LogP contribution in [0.4, 0.5) is 0 Å². The summed E-state index contributed by atoms with van der Waals surface area (Å²) >= 11 is 0. The minimum Gasteiger partial charge on any atom is -0.493 e. The second kappa shape index (κ2) is 7.86. The standard InChI is InChI=1S/C20H25NO3/c1-6-17(15-8-7-13(2)14(3)11-15)21-20(22)16-9-10-18(23-4)19(12-16)24-5/h7-12,17H,6H2,1-5H3,(H,21,22)/t17-/m1/s1. The highest BCUT2D eigenvalue weighted by molar-refractivity contribution is 5.95. The number of ether oxygens (including phenoxy) is 2. The summed E-state index contributed by atoms with van der Waals surface area (Å²) in [6.07, 6.45) is 0.821. The molecule has 0 unspecified atom stereocenters. The maximum atomic E-state index is 12.6. The number of benzene rings is 2. The van der Waals surface area contributed by atoms with Crippen LogP contribution in [0.2, 0.25) is 0 Å². The van der Waals surface area contributed by atoms with E-state index in [1.54, 1.807) is 32.4 Å². The number of methoxy groups -OCH3 is 2. The molecule has 1 amide bonds. The van der Waals surface area contributed by atoms with E-state index in [1.165, 1.54) is 11.1 Å². The van der Waals surface area contributed by atoms with Crippen molar-refractivity contribution in [1.82, 2.24) is 5.32 Å². The number of aryl methyl sites for hydroxylation is 2. The molecule has 0 bridgehead atoms. The second-order valence-corrected chi connectivity index (χ2v) is 5.85. The van der Waals surface area contributed by atoms with E-state index >= 15 is 0 Å². The first kappa shape index (κ1) is 17.9. The Morgan fingerprint density at radius 2 is 1.71 bits per heavy atom. The smallest absolute Gasteiger partial charge is 0.251 e. The zero-order valence-electron chi connectivity index (χ0n) is 15.0. The Morgan fingerprint density at radius 1 is 1.00 bits per heavy atom. The fraction of sp³-hybridized carbons (Fsp3) is 0.350.